The second-order valence-electron chi connectivity index (χ2n) is 4.33. The average Bonchev–Trinajstić information content (AvgIpc) is 2.14. The molecule has 0 bridgehead atoms. The number of piperidine rings is 1. The molecule has 1 saturated carbocycles. The zero-order valence-corrected chi connectivity index (χ0v) is 8.53. The maximum absolute atomic E-state index is 10.9. The Morgan fingerprint density at radius 2 is 2.20 bits per heavy atom. The minimum atomic E-state index is -0.710. The summed E-state index contributed by atoms with van der Waals surface area (Å²) in [5.41, 5.74) is 0. The van der Waals surface area contributed by atoms with Crippen molar-refractivity contribution in [2.45, 2.75) is 37.8 Å². The number of nitrogens with one attached hydrogen (secondary N) is 2. The molecule has 3 N–H and O–H groups in total. The Bertz CT molecular complexity index is 270. The molecule has 3 unspecified atom stereocenters. The monoisotopic (exact) mass is 212 g/mol. The quantitative estimate of drug-likeness (QED) is 0.601. The fourth-order valence-electron chi connectivity index (χ4n) is 2.17. The van der Waals surface area contributed by atoms with Crippen molar-refractivity contribution >= 4 is 11.9 Å². The smallest absolute Gasteiger partial charge is 0.308 e. The van der Waals surface area contributed by atoms with Crippen molar-refractivity contribution in [1.82, 2.24) is 10.6 Å². The molecule has 84 valence electrons. The van der Waals surface area contributed by atoms with Gasteiger partial charge in [0.2, 0.25) is 5.91 Å². The predicted octanol–water partition coefficient (Wildman–Crippen LogP) is -0.282. The molecule has 0 aromatic rings. The lowest BCUT2D eigenvalue weighted by Gasteiger charge is -2.38. The third-order valence-electron chi connectivity index (χ3n) is 3.31. The summed E-state index contributed by atoms with van der Waals surface area (Å²) in [5.74, 6) is -0.849. The molecule has 2 rings (SSSR count). The van der Waals surface area contributed by atoms with Gasteiger partial charge in [0.05, 0.1) is 5.92 Å². The number of carbonyl (C=O) groups is 2. The van der Waals surface area contributed by atoms with Gasteiger partial charge in [0.1, 0.15) is 0 Å². The molecule has 1 amide bonds. The van der Waals surface area contributed by atoms with Crippen molar-refractivity contribution in [3.05, 3.63) is 0 Å². The van der Waals surface area contributed by atoms with Crippen molar-refractivity contribution in [3.63, 3.8) is 0 Å². The fraction of sp³-hybridized carbons (Fsp3) is 0.800. The van der Waals surface area contributed by atoms with E-state index >= 15 is 0 Å². The first-order valence-corrected chi connectivity index (χ1v) is 5.42. The summed E-state index contributed by atoms with van der Waals surface area (Å²) in [6.45, 7) is 0.627. The van der Waals surface area contributed by atoms with Gasteiger partial charge in [-0.3, -0.25) is 9.59 Å². The summed E-state index contributed by atoms with van der Waals surface area (Å²) >= 11 is 0. The van der Waals surface area contributed by atoms with E-state index in [9.17, 15) is 9.59 Å². The normalized spacial score (nSPS) is 35.5. The number of aliphatic carboxylic acids is 1. The van der Waals surface area contributed by atoms with Crippen LogP contribution in [0.3, 0.4) is 0 Å². The SMILES string of the molecule is O=C1CCC(NC2CCC2C(=O)O)CN1. The van der Waals surface area contributed by atoms with Crippen LogP contribution in [0.5, 0.6) is 0 Å². The Kier molecular flexibility index (Phi) is 2.90. The number of hydrogen-bond donors (Lipinski definition) is 3. The molecule has 0 aromatic carbocycles. The van der Waals surface area contributed by atoms with Crippen LogP contribution in [0.4, 0.5) is 0 Å². The molecule has 1 aliphatic heterocycles. The standard InChI is InChI=1S/C10H16N2O3/c13-9-4-1-6(5-11-9)12-8-3-2-7(8)10(14)15/h6-8,12H,1-5H2,(H,11,13)(H,14,15). The van der Waals surface area contributed by atoms with E-state index in [0.717, 1.165) is 19.3 Å². The van der Waals surface area contributed by atoms with Gasteiger partial charge >= 0.3 is 5.97 Å². The lowest BCUT2D eigenvalue weighted by molar-refractivity contribution is -0.146. The molecule has 15 heavy (non-hydrogen) atoms. The summed E-state index contributed by atoms with van der Waals surface area (Å²) in [6.07, 6.45) is 3.06. The third-order valence-corrected chi connectivity index (χ3v) is 3.31. The number of rotatable bonds is 3. The van der Waals surface area contributed by atoms with Crippen molar-refractivity contribution in [1.29, 1.82) is 0 Å². The van der Waals surface area contributed by atoms with E-state index in [2.05, 4.69) is 10.6 Å². The van der Waals surface area contributed by atoms with E-state index in [-0.39, 0.29) is 23.9 Å². The maximum Gasteiger partial charge on any atom is 0.308 e. The minimum Gasteiger partial charge on any atom is -0.481 e. The molecular weight excluding hydrogens is 196 g/mol. The summed E-state index contributed by atoms with van der Waals surface area (Å²) in [7, 11) is 0. The Morgan fingerprint density at radius 1 is 1.40 bits per heavy atom. The molecule has 3 atom stereocenters. The summed E-state index contributed by atoms with van der Waals surface area (Å²) in [4.78, 5) is 21.7. The van der Waals surface area contributed by atoms with Crippen LogP contribution in [0.1, 0.15) is 25.7 Å². The molecule has 0 radical (unpaired) electrons. The van der Waals surface area contributed by atoms with E-state index in [1.54, 1.807) is 0 Å². The number of amides is 1. The van der Waals surface area contributed by atoms with E-state index in [0.29, 0.717) is 13.0 Å². The summed E-state index contributed by atoms with van der Waals surface area (Å²) < 4.78 is 0. The van der Waals surface area contributed by atoms with Crippen LogP contribution >= 0.6 is 0 Å². The maximum atomic E-state index is 10.9. The lowest BCUT2D eigenvalue weighted by atomic mass is 9.79. The van der Waals surface area contributed by atoms with Gasteiger partial charge in [0, 0.05) is 25.0 Å². The zero-order valence-electron chi connectivity index (χ0n) is 8.53. The molecule has 0 aromatic heterocycles. The van der Waals surface area contributed by atoms with Crippen LogP contribution in [-0.4, -0.2) is 35.6 Å². The summed E-state index contributed by atoms with van der Waals surface area (Å²) in [5, 5.41) is 15.0. The molecule has 2 aliphatic rings. The zero-order chi connectivity index (χ0) is 10.8. The number of carboxylic acids is 1. The molecule has 1 aliphatic carbocycles. The number of carbonyl (C=O) groups excluding carboxylic acids is 1. The highest BCUT2D eigenvalue weighted by molar-refractivity contribution is 5.76. The largest absolute Gasteiger partial charge is 0.481 e. The molecular formula is C10H16N2O3. The van der Waals surface area contributed by atoms with Gasteiger partial charge in [-0.1, -0.05) is 0 Å². The molecule has 5 heteroatoms. The first kappa shape index (κ1) is 10.4. The Balaban J connectivity index is 1.77. The second kappa shape index (κ2) is 4.18. The van der Waals surface area contributed by atoms with Crippen LogP contribution in [0.2, 0.25) is 0 Å². The van der Waals surface area contributed by atoms with Gasteiger partial charge in [-0.25, -0.2) is 0 Å². The van der Waals surface area contributed by atoms with E-state index in [4.69, 9.17) is 5.11 Å². The van der Waals surface area contributed by atoms with E-state index in [1.165, 1.54) is 0 Å². The van der Waals surface area contributed by atoms with Crippen LogP contribution in [0.25, 0.3) is 0 Å². The summed E-state index contributed by atoms with van der Waals surface area (Å²) in [6, 6.07) is 0.345. The van der Waals surface area contributed by atoms with Crippen LogP contribution in [0.15, 0.2) is 0 Å². The van der Waals surface area contributed by atoms with Crippen LogP contribution in [0, 0.1) is 5.92 Å². The third kappa shape index (κ3) is 2.28. The predicted molar refractivity (Wildman–Crippen MR) is 53.3 cm³/mol. The lowest BCUT2D eigenvalue weighted by Crippen LogP contribution is -2.55. The van der Waals surface area contributed by atoms with Crippen LogP contribution in [-0.2, 0) is 9.59 Å². The molecule has 1 heterocycles. The van der Waals surface area contributed by atoms with Gasteiger partial charge in [-0.2, -0.15) is 0 Å². The Morgan fingerprint density at radius 3 is 2.67 bits per heavy atom. The van der Waals surface area contributed by atoms with Crippen molar-refractivity contribution in [2.24, 2.45) is 5.92 Å². The van der Waals surface area contributed by atoms with E-state index < -0.39 is 5.97 Å². The molecule has 1 saturated heterocycles. The topological polar surface area (TPSA) is 78.4 Å². The molecule has 0 spiro atoms. The first-order valence-electron chi connectivity index (χ1n) is 5.42. The van der Waals surface area contributed by atoms with Gasteiger partial charge < -0.3 is 15.7 Å². The average molecular weight is 212 g/mol. The highest BCUT2D eigenvalue weighted by atomic mass is 16.4. The van der Waals surface area contributed by atoms with Gasteiger partial charge in [-0.15, -0.1) is 0 Å². The number of hydrogen-bond acceptors (Lipinski definition) is 3. The molecule has 2 fully saturated rings. The van der Waals surface area contributed by atoms with Crippen molar-refractivity contribution < 1.29 is 14.7 Å². The Labute approximate surface area is 88.2 Å². The van der Waals surface area contributed by atoms with Gasteiger partial charge in [0.25, 0.3) is 0 Å². The number of carboxylic acid groups (broad SMARTS) is 1. The van der Waals surface area contributed by atoms with Crippen molar-refractivity contribution in [3.8, 4) is 0 Å². The first-order chi connectivity index (χ1) is 7.16. The molecule has 5 nitrogen and oxygen atoms in total. The second-order valence-corrected chi connectivity index (χ2v) is 4.33. The van der Waals surface area contributed by atoms with Gasteiger partial charge in [0.15, 0.2) is 0 Å². The van der Waals surface area contributed by atoms with E-state index in [1.807, 2.05) is 0 Å². The Hall–Kier alpha value is -1.10. The highest BCUT2D eigenvalue weighted by Gasteiger charge is 2.37. The highest BCUT2D eigenvalue weighted by Crippen LogP contribution is 2.28. The fourth-order valence-corrected chi connectivity index (χ4v) is 2.17. The van der Waals surface area contributed by atoms with Crippen molar-refractivity contribution in [2.75, 3.05) is 6.54 Å². The van der Waals surface area contributed by atoms with Gasteiger partial charge in [-0.05, 0) is 19.3 Å². The van der Waals surface area contributed by atoms with Crippen LogP contribution < -0.4 is 10.6 Å². The minimum absolute atomic E-state index is 0.0939.